The topological polar surface area (TPSA) is 71.1 Å². The highest BCUT2D eigenvalue weighted by molar-refractivity contribution is 6.36. The molecule has 3 aliphatic rings. The molecule has 0 aromatic heterocycles. The number of methoxy groups -OCH3 is 2. The maximum Gasteiger partial charge on any atom is 0.236 e. The van der Waals surface area contributed by atoms with Crippen LogP contribution in [0.2, 0.25) is 5.02 Å². The second-order valence-electron chi connectivity index (χ2n) is 8.17. The predicted octanol–water partition coefficient (Wildman–Crippen LogP) is 4.83. The number of carbonyl (C=O) groups is 2. The van der Waals surface area contributed by atoms with E-state index in [2.05, 4.69) is 0 Å². The molecule has 2 aromatic carbocycles. The third-order valence-electron chi connectivity index (χ3n) is 6.45. The first-order valence-electron chi connectivity index (χ1n) is 10.2. The first-order valence-corrected chi connectivity index (χ1v) is 10.6. The van der Waals surface area contributed by atoms with Crippen molar-refractivity contribution in [1.82, 2.24) is 0 Å². The molecular formula is C24H20ClFO6. The van der Waals surface area contributed by atoms with Crippen molar-refractivity contribution < 1.29 is 32.9 Å². The van der Waals surface area contributed by atoms with Crippen LogP contribution in [0.15, 0.2) is 41.7 Å². The van der Waals surface area contributed by atoms with E-state index in [1.165, 1.54) is 32.4 Å². The molecule has 32 heavy (non-hydrogen) atoms. The van der Waals surface area contributed by atoms with Crippen LogP contribution in [0.1, 0.15) is 41.8 Å². The van der Waals surface area contributed by atoms with Crippen LogP contribution in [0.25, 0.3) is 0 Å². The van der Waals surface area contributed by atoms with Crippen molar-refractivity contribution in [3.8, 4) is 17.2 Å². The van der Waals surface area contributed by atoms with Gasteiger partial charge in [0.15, 0.2) is 5.75 Å². The molecule has 5 rings (SSSR count). The average Bonchev–Trinajstić information content (AvgIpc) is 3.34. The quantitative estimate of drug-likeness (QED) is 0.613. The number of hydrogen-bond acceptors (Lipinski definition) is 6. The van der Waals surface area contributed by atoms with E-state index in [1.54, 1.807) is 19.1 Å². The second-order valence-corrected chi connectivity index (χ2v) is 8.55. The molecule has 0 radical (unpaired) electrons. The number of benzene rings is 2. The van der Waals surface area contributed by atoms with Crippen LogP contribution in [0.4, 0.5) is 4.39 Å². The molecule has 2 heterocycles. The zero-order valence-corrected chi connectivity index (χ0v) is 18.4. The van der Waals surface area contributed by atoms with Gasteiger partial charge in [0.2, 0.25) is 17.2 Å². The number of ketones is 2. The molecule has 2 aliphatic heterocycles. The molecule has 3 atom stereocenters. The fourth-order valence-corrected chi connectivity index (χ4v) is 5.08. The Morgan fingerprint density at radius 1 is 1.09 bits per heavy atom. The first kappa shape index (κ1) is 20.8. The number of fused-ring (bicyclic) bond motifs is 1. The summed E-state index contributed by atoms with van der Waals surface area (Å²) in [5.74, 6) is -0.751. The van der Waals surface area contributed by atoms with Gasteiger partial charge in [0, 0.05) is 30.4 Å². The standard InChI is InChI=1S/C24H20ClFO6/c1-11-7-16-14(9-15(31-16)12-5-4-6-13(26)8-12)22(27)24(11)23(28)19-17(29-2)10-18(30-3)20(25)21(19)32-24/h4-6,8,10-11,15H,7,9H2,1-3H3/t11-,15-,24+/m1/s1. The second kappa shape index (κ2) is 7.24. The molecular weight excluding hydrogens is 439 g/mol. The Morgan fingerprint density at radius 3 is 2.53 bits per heavy atom. The summed E-state index contributed by atoms with van der Waals surface area (Å²) >= 11 is 6.43. The number of carbonyl (C=O) groups excluding carboxylic acids is 2. The Hall–Kier alpha value is -3.06. The average molecular weight is 459 g/mol. The number of ether oxygens (including phenoxy) is 4. The third kappa shape index (κ3) is 2.70. The highest BCUT2D eigenvalue weighted by Crippen LogP contribution is 2.55. The van der Waals surface area contributed by atoms with Crippen LogP contribution < -0.4 is 14.2 Å². The molecule has 1 spiro atoms. The van der Waals surface area contributed by atoms with Gasteiger partial charge in [-0.15, -0.1) is 0 Å². The number of allylic oxidation sites excluding steroid dienone is 1. The summed E-state index contributed by atoms with van der Waals surface area (Å²) in [5.41, 5.74) is -0.612. The predicted molar refractivity (Wildman–Crippen MR) is 113 cm³/mol. The van der Waals surface area contributed by atoms with E-state index in [0.717, 1.165) is 0 Å². The number of hydrogen-bond donors (Lipinski definition) is 0. The number of halogens is 2. The molecule has 0 saturated heterocycles. The smallest absolute Gasteiger partial charge is 0.236 e. The van der Waals surface area contributed by atoms with Crippen LogP contribution in [0.5, 0.6) is 17.2 Å². The van der Waals surface area contributed by atoms with Gasteiger partial charge in [-0.3, -0.25) is 9.59 Å². The molecule has 6 nitrogen and oxygen atoms in total. The van der Waals surface area contributed by atoms with E-state index in [4.69, 9.17) is 30.5 Å². The van der Waals surface area contributed by atoms with Gasteiger partial charge in [0.25, 0.3) is 0 Å². The largest absolute Gasteiger partial charge is 0.496 e. The zero-order valence-electron chi connectivity index (χ0n) is 17.7. The van der Waals surface area contributed by atoms with Crippen molar-refractivity contribution in [2.45, 2.75) is 31.5 Å². The van der Waals surface area contributed by atoms with Gasteiger partial charge in [-0.2, -0.15) is 0 Å². The fraction of sp³-hybridized carbons (Fsp3) is 0.333. The SMILES string of the molecule is COc1cc(OC)c2c(c1Cl)O[C@@]1(C(=O)C3=C(C[C@H]1C)O[C@@H](c1cccc(F)c1)C3)C2=O. The summed E-state index contributed by atoms with van der Waals surface area (Å²) in [6.07, 6.45) is 0.0517. The van der Waals surface area contributed by atoms with Gasteiger partial charge in [0.1, 0.15) is 39.8 Å². The summed E-state index contributed by atoms with van der Waals surface area (Å²) in [6.45, 7) is 1.77. The Balaban J connectivity index is 1.55. The van der Waals surface area contributed by atoms with Gasteiger partial charge in [0.05, 0.1) is 14.2 Å². The lowest BCUT2D eigenvalue weighted by Gasteiger charge is -2.35. The van der Waals surface area contributed by atoms with Crippen molar-refractivity contribution >= 4 is 23.2 Å². The van der Waals surface area contributed by atoms with Crippen LogP contribution in [0.3, 0.4) is 0 Å². The monoisotopic (exact) mass is 458 g/mol. The van der Waals surface area contributed by atoms with Crippen LogP contribution >= 0.6 is 11.6 Å². The van der Waals surface area contributed by atoms with Gasteiger partial charge in [-0.25, -0.2) is 4.39 Å². The maximum atomic E-state index is 13.8. The summed E-state index contributed by atoms with van der Waals surface area (Å²) in [5, 5.41) is 0.105. The Labute approximate surface area is 188 Å². The lowest BCUT2D eigenvalue weighted by Crippen LogP contribution is -2.56. The summed E-state index contributed by atoms with van der Waals surface area (Å²) in [6, 6.07) is 7.58. The van der Waals surface area contributed by atoms with Gasteiger partial charge in [-0.05, 0) is 17.7 Å². The van der Waals surface area contributed by atoms with E-state index < -0.39 is 29.2 Å². The molecule has 0 saturated carbocycles. The minimum atomic E-state index is -1.76. The molecule has 0 bridgehead atoms. The van der Waals surface area contributed by atoms with E-state index in [-0.39, 0.29) is 40.1 Å². The zero-order chi connectivity index (χ0) is 22.8. The Bertz CT molecular complexity index is 1210. The van der Waals surface area contributed by atoms with E-state index in [9.17, 15) is 14.0 Å². The molecule has 0 fully saturated rings. The molecule has 0 N–H and O–H groups in total. The van der Waals surface area contributed by atoms with Crippen molar-refractivity contribution in [1.29, 1.82) is 0 Å². The fourth-order valence-electron chi connectivity index (χ4n) is 4.81. The van der Waals surface area contributed by atoms with Gasteiger partial charge in [-0.1, -0.05) is 30.7 Å². The maximum absolute atomic E-state index is 13.8. The third-order valence-corrected chi connectivity index (χ3v) is 6.80. The van der Waals surface area contributed by atoms with Crippen molar-refractivity contribution in [3.63, 3.8) is 0 Å². The van der Waals surface area contributed by atoms with Crippen LogP contribution in [-0.2, 0) is 9.53 Å². The van der Waals surface area contributed by atoms with Crippen LogP contribution in [0, 0.1) is 11.7 Å². The minimum Gasteiger partial charge on any atom is -0.496 e. The lowest BCUT2D eigenvalue weighted by atomic mass is 9.71. The normalized spacial score (nSPS) is 26.0. The van der Waals surface area contributed by atoms with Gasteiger partial charge < -0.3 is 18.9 Å². The molecule has 0 unspecified atom stereocenters. The molecule has 166 valence electrons. The molecule has 8 heteroatoms. The Kier molecular flexibility index (Phi) is 4.71. The summed E-state index contributed by atoms with van der Waals surface area (Å²) < 4.78 is 36.5. The summed E-state index contributed by atoms with van der Waals surface area (Å²) in [4.78, 5) is 27.4. The highest BCUT2D eigenvalue weighted by atomic mass is 35.5. The highest BCUT2D eigenvalue weighted by Gasteiger charge is 2.63. The molecule has 0 amide bonds. The first-order chi connectivity index (χ1) is 15.3. The van der Waals surface area contributed by atoms with Crippen molar-refractivity contribution in [2.75, 3.05) is 14.2 Å². The van der Waals surface area contributed by atoms with E-state index in [1.807, 2.05) is 0 Å². The number of Topliss-reactive ketones (excluding diaryl/α,β-unsaturated/α-hetero) is 2. The van der Waals surface area contributed by atoms with Gasteiger partial charge >= 0.3 is 0 Å². The van der Waals surface area contributed by atoms with Crippen LogP contribution in [-0.4, -0.2) is 31.4 Å². The molecule has 1 aliphatic carbocycles. The lowest BCUT2D eigenvalue weighted by molar-refractivity contribution is -0.130. The minimum absolute atomic E-state index is 0.0812. The van der Waals surface area contributed by atoms with Crippen molar-refractivity contribution in [3.05, 3.63) is 63.6 Å². The van der Waals surface area contributed by atoms with E-state index in [0.29, 0.717) is 23.3 Å². The summed E-state index contributed by atoms with van der Waals surface area (Å²) in [7, 11) is 2.86. The Morgan fingerprint density at radius 2 is 1.84 bits per heavy atom. The van der Waals surface area contributed by atoms with E-state index >= 15 is 0 Å². The molecule has 2 aromatic rings. The number of rotatable bonds is 3. The van der Waals surface area contributed by atoms with Crippen molar-refractivity contribution in [2.24, 2.45) is 5.92 Å².